The molecule has 0 saturated carbocycles. The van der Waals surface area contributed by atoms with Crippen molar-refractivity contribution in [2.45, 2.75) is 13.1 Å². The molecule has 0 unspecified atom stereocenters. The minimum Gasteiger partial charge on any atom is -0.508 e. The summed E-state index contributed by atoms with van der Waals surface area (Å²) >= 11 is 0. The number of carbonyl (C=O) groups excluding carboxylic acids is 1. The van der Waals surface area contributed by atoms with Crippen LogP contribution in [0.5, 0.6) is 5.75 Å². The summed E-state index contributed by atoms with van der Waals surface area (Å²) in [4.78, 5) is 12.0. The van der Waals surface area contributed by atoms with Gasteiger partial charge < -0.3 is 15.7 Å². The lowest BCUT2D eigenvalue weighted by molar-refractivity contribution is 0.102. The van der Waals surface area contributed by atoms with Crippen LogP contribution in [0.3, 0.4) is 0 Å². The zero-order valence-electron chi connectivity index (χ0n) is 10.3. The monoisotopic (exact) mass is 254 g/mol. The molecule has 0 spiro atoms. The number of benzene rings is 2. The third-order valence-corrected chi connectivity index (χ3v) is 3.20. The molecule has 0 aliphatic carbocycles. The summed E-state index contributed by atoms with van der Waals surface area (Å²) in [6, 6.07) is 12.2. The molecule has 0 saturated heterocycles. The van der Waals surface area contributed by atoms with Gasteiger partial charge in [-0.25, -0.2) is 0 Å². The Kier molecular flexibility index (Phi) is 2.93. The van der Waals surface area contributed by atoms with Crippen LogP contribution >= 0.6 is 0 Å². The van der Waals surface area contributed by atoms with Crippen LogP contribution in [0.1, 0.15) is 21.5 Å². The van der Waals surface area contributed by atoms with Crippen molar-refractivity contribution in [3.05, 3.63) is 59.2 Å². The number of anilines is 1. The smallest absolute Gasteiger partial charge is 0.255 e. The molecule has 4 nitrogen and oxygen atoms in total. The predicted molar refractivity (Wildman–Crippen MR) is 73.0 cm³/mol. The molecule has 2 aromatic rings. The lowest BCUT2D eigenvalue weighted by Crippen LogP contribution is -2.11. The molecule has 2 aromatic carbocycles. The number of hydrogen-bond donors (Lipinski definition) is 3. The third kappa shape index (κ3) is 2.44. The van der Waals surface area contributed by atoms with Crippen LogP contribution < -0.4 is 10.6 Å². The zero-order chi connectivity index (χ0) is 13.2. The van der Waals surface area contributed by atoms with Crippen molar-refractivity contribution in [1.82, 2.24) is 5.32 Å². The van der Waals surface area contributed by atoms with Crippen molar-refractivity contribution in [3.8, 4) is 5.75 Å². The van der Waals surface area contributed by atoms with Crippen LogP contribution in [0.2, 0.25) is 0 Å². The Bertz CT molecular complexity index is 638. The van der Waals surface area contributed by atoms with Crippen LogP contribution in [0.15, 0.2) is 42.5 Å². The Labute approximate surface area is 111 Å². The molecule has 0 bridgehead atoms. The van der Waals surface area contributed by atoms with Crippen LogP contribution in [-0.4, -0.2) is 11.0 Å². The van der Waals surface area contributed by atoms with Crippen LogP contribution in [0.25, 0.3) is 0 Å². The Morgan fingerprint density at radius 2 is 1.95 bits per heavy atom. The molecular weight excluding hydrogens is 240 g/mol. The maximum absolute atomic E-state index is 12.0. The SMILES string of the molecule is O=C(Nc1ccc2c(c1)CNC2)c1cccc(O)c1. The molecule has 96 valence electrons. The number of amides is 1. The van der Waals surface area contributed by atoms with Crippen LogP contribution in [0.4, 0.5) is 5.69 Å². The molecule has 0 atom stereocenters. The molecule has 0 fully saturated rings. The maximum Gasteiger partial charge on any atom is 0.255 e. The second kappa shape index (κ2) is 4.74. The zero-order valence-corrected chi connectivity index (χ0v) is 10.3. The van der Waals surface area contributed by atoms with Gasteiger partial charge in [-0.15, -0.1) is 0 Å². The van der Waals surface area contributed by atoms with E-state index >= 15 is 0 Å². The molecule has 0 aromatic heterocycles. The summed E-state index contributed by atoms with van der Waals surface area (Å²) in [5.41, 5.74) is 3.71. The summed E-state index contributed by atoms with van der Waals surface area (Å²) in [5.74, 6) is -0.132. The van der Waals surface area contributed by atoms with Crippen molar-refractivity contribution < 1.29 is 9.90 Å². The fourth-order valence-electron chi connectivity index (χ4n) is 2.22. The average Bonchev–Trinajstić information content (AvgIpc) is 2.86. The lowest BCUT2D eigenvalue weighted by atomic mass is 10.1. The standard InChI is InChI=1S/C15H14N2O2/c18-14-3-1-2-10(7-14)15(19)17-13-5-4-11-8-16-9-12(11)6-13/h1-7,16,18H,8-9H2,(H,17,19). The predicted octanol–water partition coefficient (Wildman–Crippen LogP) is 2.25. The Morgan fingerprint density at radius 3 is 2.79 bits per heavy atom. The normalized spacial score (nSPS) is 13.1. The Balaban J connectivity index is 1.80. The molecule has 1 aliphatic heterocycles. The van der Waals surface area contributed by atoms with Crippen molar-refractivity contribution in [2.24, 2.45) is 0 Å². The Hall–Kier alpha value is -2.33. The number of nitrogens with one attached hydrogen (secondary N) is 2. The van der Waals surface area contributed by atoms with Gasteiger partial charge in [0.15, 0.2) is 0 Å². The second-order valence-corrected chi connectivity index (χ2v) is 4.59. The van der Waals surface area contributed by atoms with E-state index in [-0.39, 0.29) is 11.7 Å². The van der Waals surface area contributed by atoms with E-state index in [0.717, 1.165) is 18.8 Å². The topological polar surface area (TPSA) is 61.4 Å². The molecule has 19 heavy (non-hydrogen) atoms. The number of phenols is 1. The maximum atomic E-state index is 12.0. The highest BCUT2D eigenvalue weighted by Gasteiger charge is 2.12. The summed E-state index contributed by atoms with van der Waals surface area (Å²) in [6.45, 7) is 1.72. The quantitative estimate of drug-likeness (QED) is 0.770. The summed E-state index contributed by atoms with van der Waals surface area (Å²) in [7, 11) is 0. The van der Waals surface area contributed by atoms with Crippen molar-refractivity contribution in [2.75, 3.05) is 5.32 Å². The largest absolute Gasteiger partial charge is 0.508 e. The minimum atomic E-state index is -0.221. The van der Waals surface area contributed by atoms with Gasteiger partial charge in [0.2, 0.25) is 0 Å². The summed E-state index contributed by atoms with van der Waals surface area (Å²) in [5, 5.41) is 15.5. The van der Waals surface area contributed by atoms with Crippen LogP contribution in [-0.2, 0) is 13.1 Å². The van der Waals surface area contributed by atoms with Gasteiger partial charge in [0.05, 0.1) is 0 Å². The van der Waals surface area contributed by atoms with Crippen molar-refractivity contribution >= 4 is 11.6 Å². The fraction of sp³-hybridized carbons (Fsp3) is 0.133. The first-order chi connectivity index (χ1) is 9.22. The van der Waals surface area contributed by atoms with Gasteiger partial charge in [-0.2, -0.15) is 0 Å². The van der Waals surface area contributed by atoms with Gasteiger partial charge in [0.25, 0.3) is 5.91 Å². The number of hydrogen-bond acceptors (Lipinski definition) is 3. The number of aromatic hydroxyl groups is 1. The van der Waals surface area contributed by atoms with Crippen LogP contribution in [0, 0.1) is 0 Å². The van der Waals surface area contributed by atoms with Gasteiger partial charge in [0, 0.05) is 24.3 Å². The van der Waals surface area contributed by atoms with E-state index in [9.17, 15) is 9.90 Å². The van der Waals surface area contributed by atoms with Gasteiger partial charge in [0.1, 0.15) is 5.75 Å². The van der Waals surface area contributed by atoms with E-state index in [1.165, 1.54) is 23.3 Å². The van der Waals surface area contributed by atoms with Gasteiger partial charge in [-0.3, -0.25) is 4.79 Å². The molecule has 4 heteroatoms. The highest BCUT2D eigenvalue weighted by molar-refractivity contribution is 6.04. The number of phenolic OH excluding ortho intramolecular Hbond substituents is 1. The van der Waals surface area contributed by atoms with E-state index in [0.29, 0.717) is 5.56 Å². The van der Waals surface area contributed by atoms with E-state index in [1.807, 2.05) is 18.2 Å². The second-order valence-electron chi connectivity index (χ2n) is 4.59. The van der Waals surface area contributed by atoms with Crippen molar-refractivity contribution in [1.29, 1.82) is 0 Å². The first-order valence-corrected chi connectivity index (χ1v) is 6.15. The van der Waals surface area contributed by atoms with Gasteiger partial charge in [-0.05, 0) is 41.5 Å². The van der Waals surface area contributed by atoms with Gasteiger partial charge in [-0.1, -0.05) is 12.1 Å². The minimum absolute atomic E-state index is 0.0887. The number of carbonyl (C=O) groups is 1. The summed E-state index contributed by atoms with van der Waals surface area (Å²) in [6.07, 6.45) is 0. The summed E-state index contributed by atoms with van der Waals surface area (Å²) < 4.78 is 0. The van der Waals surface area contributed by atoms with E-state index in [4.69, 9.17) is 0 Å². The van der Waals surface area contributed by atoms with E-state index in [2.05, 4.69) is 10.6 Å². The molecule has 3 N–H and O–H groups in total. The number of fused-ring (bicyclic) bond motifs is 1. The number of rotatable bonds is 2. The molecule has 1 heterocycles. The molecule has 3 rings (SSSR count). The fourth-order valence-corrected chi connectivity index (χ4v) is 2.22. The van der Waals surface area contributed by atoms with Crippen molar-refractivity contribution in [3.63, 3.8) is 0 Å². The molecule has 1 aliphatic rings. The highest BCUT2D eigenvalue weighted by atomic mass is 16.3. The highest BCUT2D eigenvalue weighted by Crippen LogP contribution is 2.21. The van der Waals surface area contributed by atoms with Gasteiger partial charge >= 0.3 is 0 Å². The first-order valence-electron chi connectivity index (χ1n) is 6.15. The lowest BCUT2D eigenvalue weighted by Gasteiger charge is -2.07. The van der Waals surface area contributed by atoms with E-state index in [1.54, 1.807) is 12.1 Å². The Morgan fingerprint density at radius 1 is 1.11 bits per heavy atom. The first kappa shape index (κ1) is 11.7. The molecule has 1 amide bonds. The molecule has 0 radical (unpaired) electrons. The molecular formula is C15H14N2O2. The van der Waals surface area contributed by atoms with E-state index < -0.39 is 0 Å². The third-order valence-electron chi connectivity index (χ3n) is 3.20. The average molecular weight is 254 g/mol.